The van der Waals surface area contributed by atoms with Gasteiger partial charge in [-0.1, -0.05) is 0 Å². The molecule has 5 N–H and O–H groups in total. The fourth-order valence-electron chi connectivity index (χ4n) is 0.516. The van der Waals surface area contributed by atoms with Crippen LogP contribution in [0.5, 0.6) is 0 Å². The monoisotopic (exact) mass is 223 g/mol. The lowest BCUT2D eigenvalue weighted by molar-refractivity contribution is -0.137. The first kappa shape index (κ1) is 16.3. The van der Waals surface area contributed by atoms with Gasteiger partial charge in [-0.25, -0.2) is 0 Å². The molecule has 0 amide bonds. The van der Waals surface area contributed by atoms with Crippen molar-refractivity contribution >= 4 is 11.9 Å². The van der Waals surface area contributed by atoms with Crippen LogP contribution in [0.25, 0.3) is 0 Å². The third kappa shape index (κ3) is 24.5. The van der Waals surface area contributed by atoms with Crippen molar-refractivity contribution in [2.45, 2.75) is 12.8 Å². The molecule has 0 saturated carbocycles. The second kappa shape index (κ2) is 12.8. The van der Waals surface area contributed by atoms with Crippen molar-refractivity contribution in [3.63, 3.8) is 0 Å². The summed E-state index contributed by atoms with van der Waals surface area (Å²) in [6.45, 7) is 0.394. The molecule has 0 heterocycles. The molecule has 0 spiro atoms. The van der Waals surface area contributed by atoms with Gasteiger partial charge in [-0.2, -0.15) is 0 Å². The standard InChI is InChI=1S/C6H11NO4.C2H6O2/c8-5(9)1-3-7-4-2-6(10)11;3-1-2-4/h7H,1-4H2,(H,8,9)(H,10,11);3-4H,1-2H2. The molecule has 0 aliphatic heterocycles. The molecule has 0 rings (SSSR count). The predicted octanol–water partition coefficient (Wildman–Crippen LogP) is -1.50. The third-order valence-electron chi connectivity index (χ3n) is 1.13. The second-order valence-corrected chi connectivity index (χ2v) is 2.48. The first-order valence-corrected chi connectivity index (χ1v) is 4.40. The fourth-order valence-corrected chi connectivity index (χ4v) is 0.516. The molecule has 0 aromatic heterocycles. The quantitative estimate of drug-likeness (QED) is 0.332. The Labute approximate surface area is 87.3 Å². The highest BCUT2D eigenvalue weighted by molar-refractivity contribution is 5.67. The van der Waals surface area contributed by atoms with Crippen LogP contribution in [-0.2, 0) is 9.59 Å². The van der Waals surface area contributed by atoms with Crippen molar-refractivity contribution in [3.8, 4) is 0 Å². The van der Waals surface area contributed by atoms with E-state index in [2.05, 4.69) is 5.32 Å². The van der Waals surface area contributed by atoms with Gasteiger partial charge in [0.1, 0.15) is 0 Å². The smallest absolute Gasteiger partial charge is 0.304 e. The predicted molar refractivity (Wildman–Crippen MR) is 51.5 cm³/mol. The molecule has 0 radical (unpaired) electrons. The maximum Gasteiger partial charge on any atom is 0.304 e. The van der Waals surface area contributed by atoms with E-state index in [9.17, 15) is 9.59 Å². The van der Waals surface area contributed by atoms with Gasteiger partial charge in [-0.3, -0.25) is 9.59 Å². The number of aliphatic carboxylic acids is 2. The highest BCUT2D eigenvalue weighted by Gasteiger charge is 1.97. The number of nitrogens with one attached hydrogen (secondary N) is 1. The molecule has 0 bridgehead atoms. The van der Waals surface area contributed by atoms with Gasteiger partial charge in [0.25, 0.3) is 0 Å². The molecule has 0 aromatic rings. The minimum atomic E-state index is -0.882. The summed E-state index contributed by atoms with van der Waals surface area (Å²) >= 11 is 0. The van der Waals surface area contributed by atoms with Crippen LogP contribution in [0.1, 0.15) is 12.8 Å². The fraction of sp³-hybridized carbons (Fsp3) is 0.750. The number of hydrogen-bond acceptors (Lipinski definition) is 5. The lowest BCUT2D eigenvalue weighted by atomic mass is 10.4. The summed E-state index contributed by atoms with van der Waals surface area (Å²) in [7, 11) is 0. The summed E-state index contributed by atoms with van der Waals surface area (Å²) < 4.78 is 0. The Kier molecular flexibility index (Phi) is 13.9. The van der Waals surface area contributed by atoms with E-state index in [0.29, 0.717) is 13.1 Å². The summed E-state index contributed by atoms with van der Waals surface area (Å²) in [6, 6.07) is 0. The Morgan fingerprint density at radius 2 is 1.20 bits per heavy atom. The van der Waals surface area contributed by atoms with E-state index in [1.165, 1.54) is 0 Å². The minimum Gasteiger partial charge on any atom is -0.481 e. The van der Waals surface area contributed by atoms with Crippen LogP contribution in [-0.4, -0.2) is 58.7 Å². The van der Waals surface area contributed by atoms with Gasteiger partial charge in [-0.05, 0) is 0 Å². The second-order valence-electron chi connectivity index (χ2n) is 2.48. The summed E-state index contributed by atoms with van der Waals surface area (Å²) in [5.41, 5.74) is 0. The molecular weight excluding hydrogens is 206 g/mol. The molecule has 90 valence electrons. The molecular formula is C8H17NO6. The Morgan fingerprint density at radius 3 is 1.40 bits per heavy atom. The van der Waals surface area contributed by atoms with Crippen molar-refractivity contribution in [2.24, 2.45) is 0 Å². The average Bonchev–Trinajstić information content (AvgIpc) is 2.17. The first-order chi connectivity index (χ1) is 7.04. The normalized spacial score (nSPS) is 8.93. The lowest BCUT2D eigenvalue weighted by Gasteiger charge is -1.98. The van der Waals surface area contributed by atoms with Crippen molar-refractivity contribution in [2.75, 3.05) is 26.3 Å². The third-order valence-corrected chi connectivity index (χ3v) is 1.13. The number of aliphatic hydroxyl groups is 2. The van der Waals surface area contributed by atoms with Gasteiger partial charge in [0, 0.05) is 13.1 Å². The van der Waals surface area contributed by atoms with Gasteiger partial charge >= 0.3 is 11.9 Å². The van der Waals surface area contributed by atoms with Crippen molar-refractivity contribution in [1.82, 2.24) is 5.32 Å². The van der Waals surface area contributed by atoms with E-state index >= 15 is 0 Å². The number of carboxylic acid groups (broad SMARTS) is 2. The molecule has 0 saturated heterocycles. The Morgan fingerprint density at radius 1 is 0.867 bits per heavy atom. The average molecular weight is 223 g/mol. The SMILES string of the molecule is O=C(O)CCNCCC(=O)O.OCCO. The molecule has 15 heavy (non-hydrogen) atoms. The van der Waals surface area contributed by atoms with Crippen LogP contribution in [0.4, 0.5) is 0 Å². The van der Waals surface area contributed by atoms with Crippen LogP contribution in [0.2, 0.25) is 0 Å². The highest BCUT2D eigenvalue weighted by Crippen LogP contribution is 1.78. The van der Waals surface area contributed by atoms with Gasteiger partial charge in [-0.15, -0.1) is 0 Å². The van der Waals surface area contributed by atoms with E-state index in [1.807, 2.05) is 0 Å². The number of aliphatic hydroxyl groups excluding tert-OH is 2. The van der Waals surface area contributed by atoms with E-state index in [-0.39, 0.29) is 26.1 Å². The van der Waals surface area contributed by atoms with E-state index in [0.717, 1.165) is 0 Å². The molecule has 0 aliphatic carbocycles. The Balaban J connectivity index is 0. The zero-order chi connectivity index (χ0) is 12.1. The zero-order valence-corrected chi connectivity index (χ0v) is 8.35. The number of rotatable bonds is 7. The Hall–Kier alpha value is -1.18. The minimum absolute atomic E-state index is 0.0274. The van der Waals surface area contributed by atoms with Crippen LogP contribution < -0.4 is 5.32 Å². The van der Waals surface area contributed by atoms with Gasteiger partial charge in [0.15, 0.2) is 0 Å². The highest BCUT2D eigenvalue weighted by atomic mass is 16.4. The molecule has 0 unspecified atom stereocenters. The molecule has 0 aromatic carbocycles. The van der Waals surface area contributed by atoms with Crippen LogP contribution in [0, 0.1) is 0 Å². The summed E-state index contributed by atoms with van der Waals surface area (Å²) in [5.74, 6) is -1.76. The number of carbonyl (C=O) groups is 2. The van der Waals surface area contributed by atoms with Crippen LogP contribution >= 0.6 is 0 Å². The summed E-state index contributed by atoms with van der Waals surface area (Å²) in [6.07, 6.45) is 0.0548. The van der Waals surface area contributed by atoms with Crippen LogP contribution in [0.3, 0.4) is 0 Å². The molecule has 0 atom stereocenters. The summed E-state index contributed by atoms with van der Waals surface area (Å²) in [4.78, 5) is 19.9. The first-order valence-electron chi connectivity index (χ1n) is 4.40. The molecule has 7 nitrogen and oxygen atoms in total. The number of carboxylic acids is 2. The summed E-state index contributed by atoms with van der Waals surface area (Å²) in [5, 5.41) is 34.3. The molecule has 7 heteroatoms. The van der Waals surface area contributed by atoms with E-state index in [4.69, 9.17) is 20.4 Å². The topological polar surface area (TPSA) is 127 Å². The van der Waals surface area contributed by atoms with Gasteiger partial charge < -0.3 is 25.7 Å². The van der Waals surface area contributed by atoms with Gasteiger partial charge in [0.2, 0.25) is 0 Å². The molecule has 0 fully saturated rings. The Bertz CT molecular complexity index is 155. The maximum absolute atomic E-state index is 9.94. The maximum atomic E-state index is 9.94. The lowest BCUT2D eigenvalue weighted by Crippen LogP contribution is -2.21. The largest absolute Gasteiger partial charge is 0.481 e. The van der Waals surface area contributed by atoms with Crippen LogP contribution in [0.15, 0.2) is 0 Å². The molecule has 0 aliphatic rings. The van der Waals surface area contributed by atoms with E-state index < -0.39 is 11.9 Å². The van der Waals surface area contributed by atoms with E-state index in [1.54, 1.807) is 0 Å². The van der Waals surface area contributed by atoms with Crippen molar-refractivity contribution < 1.29 is 30.0 Å². The zero-order valence-electron chi connectivity index (χ0n) is 8.35. The van der Waals surface area contributed by atoms with Crippen molar-refractivity contribution in [3.05, 3.63) is 0 Å². The van der Waals surface area contributed by atoms with Crippen molar-refractivity contribution in [1.29, 1.82) is 0 Å². The van der Waals surface area contributed by atoms with Gasteiger partial charge in [0.05, 0.1) is 26.1 Å². The number of hydrogen-bond donors (Lipinski definition) is 5.